The lowest BCUT2D eigenvalue weighted by molar-refractivity contribution is 1.50. The molecule has 0 amide bonds. The van der Waals surface area contributed by atoms with E-state index in [4.69, 9.17) is 0 Å². The Labute approximate surface area is 56.5 Å². The Morgan fingerprint density at radius 3 is 0.778 bits per heavy atom. The molecule has 0 N–H and O–H groups in total. The van der Waals surface area contributed by atoms with Crippen molar-refractivity contribution in [3.05, 3.63) is 36.4 Å². The van der Waals surface area contributed by atoms with Crippen LogP contribution in [0.1, 0.15) is 19.3 Å². The van der Waals surface area contributed by atoms with E-state index in [9.17, 15) is 0 Å². The molecule has 0 heterocycles. The minimum atomic E-state index is 1.50. The monoisotopic (exact) mass is 120 g/mol. The highest BCUT2D eigenvalue weighted by atomic mass is 14.0. The number of benzene rings is 1. The first-order valence-electron chi connectivity index (χ1n) is 3.50. The summed E-state index contributed by atoms with van der Waals surface area (Å²) in [6.07, 6.45) is 4.50. The van der Waals surface area contributed by atoms with E-state index in [0.29, 0.717) is 0 Å². The molecule has 0 saturated heterocycles. The van der Waals surface area contributed by atoms with Crippen molar-refractivity contribution in [2.24, 2.45) is 0 Å². The fourth-order valence-electron chi connectivity index (χ4n) is 0.385. The maximum atomic E-state index is 2.00. The van der Waals surface area contributed by atoms with Gasteiger partial charge in [-0.1, -0.05) is 55.7 Å². The van der Waals surface area contributed by atoms with Crippen LogP contribution in [0.15, 0.2) is 36.4 Å². The highest BCUT2D eigenvalue weighted by molar-refractivity contribution is 4.99. The molecule has 0 nitrogen and oxygen atoms in total. The van der Waals surface area contributed by atoms with E-state index >= 15 is 0 Å². The number of hydrogen-bond acceptors (Lipinski definition) is 0. The lowest BCUT2D eigenvalue weighted by atomic mass is 10.4. The van der Waals surface area contributed by atoms with Crippen molar-refractivity contribution in [3.63, 3.8) is 0 Å². The Bertz CT molecular complexity index is 101. The van der Waals surface area contributed by atoms with Crippen LogP contribution in [-0.2, 0) is 0 Å². The van der Waals surface area contributed by atoms with Gasteiger partial charge in [-0.25, -0.2) is 0 Å². The molecule has 0 bridgehead atoms. The standard InChI is InChI=1S/C6H6.C3H6/c1-2-4-6-5-3-1;1-2-3-1/h1-6H;1-3H2. The highest BCUT2D eigenvalue weighted by Gasteiger charge is 1.95. The van der Waals surface area contributed by atoms with E-state index < -0.39 is 0 Å². The third-order valence-electron chi connectivity index (χ3n) is 1.02. The maximum absolute atomic E-state index is 2.00. The number of rotatable bonds is 0. The zero-order chi connectivity index (χ0) is 6.36. The largest absolute Gasteiger partial charge is 0.0623 e. The molecule has 1 aliphatic rings. The third-order valence-corrected chi connectivity index (χ3v) is 1.02. The first-order chi connectivity index (χ1) is 4.50. The second-order valence-electron chi connectivity index (χ2n) is 2.22. The molecular weight excluding hydrogens is 108 g/mol. The van der Waals surface area contributed by atoms with Crippen LogP contribution in [0.3, 0.4) is 0 Å². The Hall–Kier alpha value is -0.780. The van der Waals surface area contributed by atoms with Gasteiger partial charge < -0.3 is 0 Å². The predicted octanol–water partition coefficient (Wildman–Crippen LogP) is 2.86. The highest BCUT2D eigenvalue weighted by Crippen LogP contribution is 2.14. The SMILES string of the molecule is C1CC1.c1ccccc1. The van der Waals surface area contributed by atoms with Crippen molar-refractivity contribution in [2.75, 3.05) is 0 Å². The van der Waals surface area contributed by atoms with E-state index in [1.807, 2.05) is 36.4 Å². The molecule has 9 heavy (non-hydrogen) atoms. The van der Waals surface area contributed by atoms with Crippen molar-refractivity contribution >= 4 is 0 Å². The van der Waals surface area contributed by atoms with Crippen LogP contribution in [0, 0.1) is 0 Å². The Kier molecular flexibility index (Phi) is 2.91. The summed E-state index contributed by atoms with van der Waals surface area (Å²) in [5.74, 6) is 0. The van der Waals surface area contributed by atoms with E-state index in [1.165, 1.54) is 19.3 Å². The average molecular weight is 120 g/mol. The van der Waals surface area contributed by atoms with Gasteiger partial charge in [-0.3, -0.25) is 0 Å². The summed E-state index contributed by atoms with van der Waals surface area (Å²) >= 11 is 0. The van der Waals surface area contributed by atoms with Crippen molar-refractivity contribution in [1.82, 2.24) is 0 Å². The first kappa shape index (κ1) is 6.34. The summed E-state index contributed by atoms with van der Waals surface area (Å²) in [6.45, 7) is 0. The molecule has 0 atom stereocenters. The van der Waals surface area contributed by atoms with Gasteiger partial charge in [0, 0.05) is 0 Å². The molecular formula is C9H12. The van der Waals surface area contributed by atoms with Crippen LogP contribution in [-0.4, -0.2) is 0 Å². The molecule has 1 fully saturated rings. The van der Waals surface area contributed by atoms with Gasteiger partial charge in [0.05, 0.1) is 0 Å². The lowest BCUT2D eigenvalue weighted by Crippen LogP contribution is -1.47. The third kappa shape index (κ3) is 5.09. The quantitative estimate of drug-likeness (QED) is 0.494. The van der Waals surface area contributed by atoms with Crippen molar-refractivity contribution in [3.8, 4) is 0 Å². The van der Waals surface area contributed by atoms with Crippen molar-refractivity contribution < 1.29 is 0 Å². The molecule has 1 aromatic rings. The van der Waals surface area contributed by atoms with Crippen LogP contribution in [0.5, 0.6) is 0 Å². The van der Waals surface area contributed by atoms with Gasteiger partial charge in [0.2, 0.25) is 0 Å². The van der Waals surface area contributed by atoms with Gasteiger partial charge in [-0.2, -0.15) is 0 Å². The maximum Gasteiger partial charge on any atom is -0.0533 e. The molecule has 0 aliphatic heterocycles. The smallest absolute Gasteiger partial charge is 0.0533 e. The molecule has 1 aromatic carbocycles. The van der Waals surface area contributed by atoms with E-state index in [0.717, 1.165) is 0 Å². The molecule has 0 aromatic heterocycles. The molecule has 1 saturated carbocycles. The Morgan fingerprint density at radius 2 is 0.667 bits per heavy atom. The van der Waals surface area contributed by atoms with Crippen LogP contribution in [0.4, 0.5) is 0 Å². The normalized spacial score (nSPS) is 13.3. The zero-order valence-electron chi connectivity index (χ0n) is 5.59. The van der Waals surface area contributed by atoms with Gasteiger partial charge in [0.25, 0.3) is 0 Å². The summed E-state index contributed by atoms with van der Waals surface area (Å²) in [7, 11) is 0. The van der Waals surface area contributed by atoms with E-state index in [2.05, 4.69) is 0 Å². The summed E-state index contributed by atoms with van der Waals surface area (Å²) in [5, 5.41) is 0. The molecule has 0 heteroatoms. The van der Waals surface area contributed by atoms with Gasteiger partial charge in [-0.05, 0) is 0 Å². The van der Waals surface area contributed by atoms with Crippen LogP contribution in [0.2, 0.25) is 0 Å². The first-order valence-corrected chi connectivity index (χ1v) is 3.50. The summed E-state index contributed by atoms with van der Waals surface area (Å²) in [4.78, 5) is 0. The van der Waals surface area contributed by atoms with Gasteiger partial charge in [-0.15, -0.1) is 0 Å². The molecule has 2 rings (SSSR count). The minimum absolute atomic E-state index is 1.50. The Morgan fingerprint density at radius 1 is 0.444 bits per heavy atom. The summed E-state index contributed by atoms with van der Waals surface area (Å²) < 4.78 is 0. The van der Waals surface area contributed by atoms with Crippen molar-refractivity contribution in [1.29, 1.82) is 0 Å². The predicted molar refractivity (Wildman–Crippen MR) is 40.3 cm³/mol. The van der Waals surface area contributed by atoms with Crippen LogP contribution < -0.4 is 0 Å². The second-order valence-corrected chi connectivity index (χ2v) is 2.22. The molecule has 48 valence electrons. The van der Waals surface area contributed by atoms with Gasteiger partial charge in [0.15, 0.2) is 0 Å². The minimum Gasteiger partial charge on any atom is -0.0623 e. The molecule has 0 spiro atoms. The number of hydrogen-bond donors (Lipinski definition) is 0. The topological polar surface area (TPSA) is 0 Å². The van der Waals surface area contributed by atoms with Gasteiger partial charge in [0.1, 0.15) is 0 Å². The average Bonchev–Trinajstić information content (AvgIpc) is 2.76. The second kappa shape index (κ2) is 4.13. The molecule has 1 aliphatic carbocycles. The summed E-state index contributed by atoms with van der Waals surface area (Å²) in [5.41, 5.74) is 0. The zero-order valence-corrected chi connectivity index (χ0v) is 5.59. The summed E-state index contributed by atoms with van der Waals surface area (Å²) in [6, 6.07) is 12.0. The van der Waals surface area contributed by atoms with Crippen LogP contribution >= 0.6 is 0 Å². The Balaban J connectivity index is 0.000000112. The molecule has 0 unspecified atom stereocenters. The van der Waals surface area contributed by atoms with E-state index in [1.54, 1.807) is 0 Å². The lowest BCUT2D eigenvalue weighted by Gasteiger charge is -1.69. The van der Waals surface area contributed by atoms with Gasteiger partial charge >= 0.3 is 0 Å². The van der Waals surface area contributed by atoms with Crippen molar-refractivity contribution in [2.45, 2.75) is 19.3 Å². The fourth-order valence-corrected chi connectivity index (χ4v) is 0.385. The fraction of sp³-hybridized carbons (Fsp3) is 0.333. The molecule has 0 radical (unpaired) electrons. The van der Waals surface area contributed by atoms with E-state index in [-0.39, 0.29) is 0 Å². The van der Waals surface area contributed by atoms with Crippen LogP contribution in [0.25, 0.3) is 0 Å².